The molecule has 0 spiro atoms. The third-order valence-corrected chi connectivity index (χ3v) is 2.16. The minimum atomic E-state index is -0.546. The monoisotopic (exact) mass is 296 g/mol. The Bertz CT molecular complexity index is 170. The van der Waals surface area contributed by atoms with Crippen LogP contribution in [0.15, 0.2) is 0 Å². The van der Waals surface area contributed by atoms with Gasteiger partial charge in [0.25, 0.3) is 0 Å². The average molecular weight is 296 g/mol. The largest absolute Gasteiger partial charge is 0.508 e. The highest BCUT2D eigenvalue weighted by atomic mass is 16.8. The fraction of sp³-hybridized carbons (Fsp3) is 0.923. The summed E-state index contributed by atoms with van der Waals surface area (Å²) in [6, 6.07) is 0. The Labute approximate surface area is 120 Å². The van der Waals surface area contributed by atoms with Gasteiger partial charge in [0.15, 0.2) is 0 Å². The van der Waals surface area contributed by atoms with Crippen molar-refractivity contribution in [3.63, 3.8) is 0 Å². The van der Waals surface area contributed by atoms with Crippen LogP contribution in [-0.2, 0) is 9.47 Å². The zero-order chi connectivity index (χ0) is 15.5. The molecule has 0 saturated carbocycles. The third-order valence-electron chi connectivity index (χ3n) is 2.16. The van der Waals surface area contributed by atoms with Crippen LogP contribution in [0.2, 0.25) is 0 Å². The maximum atomic E-state index is 9.80. The zero-order valence-corrected chi connectivity index (χ0v) is 12.0. The van der Waals surface area contributed by atoms with Gasteiger partial charge in [0.2, 0.25) is 0 Å². The predicted molar refractivity (Wildman–Crippen MR) is 73.3 cm³/mol. The molecule has 1 saturated heterocycles. The maximum Gasteiger partial charge on any atom is 0.508 e. The summed E-state index contributed by atoms with van der Waals surface area (Å²) in [5, 5.41) is 32.8. The number of ether oxygens (including phenoxy) is 2. The lowest BCUT2D eigenvalue weighted by atomic mass is 10.2. The Balaban J connectivity index is 0. The second kappa shape index (κ2) is 20.4. The molecule has 0 aliphatic carbocycles. The first-order valence-corrected chi connectivity index (χ1v) is 6.95. The number of unbranched alkanes of at least 4 members (excludes halogenated alkanes) is 4. The summed E-state index contributed by atoms with van der Waals surface area (Å²) in [5.74, 6) is 0. The molecule has 0 unspecified atom stereocenters. The first-order valence-electron chi connectivity index (χ1n) is 6.95. The number of cyclic esters (lactones) is 2. The molecule has 0 aromatic rings. The van der Waals surface area contributed by atoms with Crippen molar-refractivity contribution in [2.45, 2.75) is 38.5 Å². The highest BCUT2D eigenvalue weighted by Crippen LogP contribution is 1.96. The van der Waals surface area contributed by atoms with Crippen molar-refractivity contribution in [3.05, 3.63) is 0 Å². The predicted octanol–water partition coefficient (Wildman–Crippen LogP) is 0.436. The summed E-state index contributed by atoms with van der Waals surface area (Å²) in [6.07, 6.45) is 4.72. The Morgan fingerprint density at radius 3 is 1.15 bits per heavy atom. The van der Waals surface area contributed by atoms with Crippen LogP contribution in [0.3, 0.4) is 0 Å². The van der Waals surface area contributed by atoms with E-state index in [1.54, 1.807) is 0 Å². The fourth-order valence-corrected chi connectivity index (χ4v) is 1.09. The Hall–Kier alpha value is -0.890. The second-order valence-corrected chi connectivity index (χ2v) is 3.96. The number of carbonyl (C=O) groups excluding carboxylic acids is 1. The van der Waals surface area contributed by atoms with Gasteiger partial charge in [-0.25, -0.2) is 4.79 Å². The van der Waals surface area contributed by atoms with Gasteiger partial charge in [0, 0.05) is 26.4 Å². The van der Waals surface area contributed by atoms with Crippen LogP contribution < -0.4 is 0 Å². The molecule has 0 radical (unpaired) electrons. The van der Waals surface area contributed by atoms with Gasteiger partial charge in [0.1, 0.15) is 13.2 Å². The SMILES string of the molecule is O=C1OCCO1.OCCCCCCO.OCCCCO. The summed E-state index contributed by atoms with van der Waals surface area (Å²) >= 11 is 0. The van der Waals surface area contributed by atoms with Gasteiger partial charge < -0.3 is 29.9 Å². The van der Waals surface area contributed by atoms with Crippen molar-refractivity contribution in [2.24, 2.45) is 0 Å². The molecule has 0 aromatic carbocycles. The van der Waals surface area contributed by atoms with Crippen molar-refractivity contribution in [1.29, 1.82) is 0 Å². The molecule has 4 N–H and O–H groups in total. The van der Waals surface area contributed by atoms with Crippen molar-refractivity contribution in [2.75, 3.05) is 39.6 Å². The number of aliphatic hydroxyl groups excluding tert-OH is 4. The molecule has 1 aliphatic heterocycles. The lowest BCUT2D eigenvalue weighted by Crippen LogP contribution is -1.88. The van der Waals surface area contributed by atoms with E-state index in [2.05, 4.69) is 9.47 Å². The van der Waals surface area contributed by atoms with Crippen LogP contribution in [0.5, 0.6) is 0 Å². The van der Waals surface area contributed by atoms with Crippen molar-refractivity contribution in [1.82, 2.24) is 0 Å². The van der Waals surface area contributed by atoms with Gasteiger partial charge in [-0.3, -0.25) is 0 Å². The van der Waals surface area contributed by atoms with Crippen LogP contribution in [0.4, 0.5) is 4.79 Å². The van der Waals surface area contributed by atoms with E-state index >= 15 is 0 Å². The molecule has 1 heterocycles. The third kappa shape index (κ3) is 22.3. The van der Waals surface area contributed by atoms with Gasteiger partial charge in [-0.05, 0) is 25.7 Å². The number of hydrogen-bond acceptors (Lipinski definition) is 7. The minimum absolute atomic E-state index is 0.195. The number of hydrogen-bond donors (Lipinski definition) is 4. The number of rotatable bonds is 8. The molecule has 7 nitrogen and oxygen atoms in total. The molecule has 0 aromatic heterocycles. The van der Waals surface area contributed by atoms with E-state index in [1.807, 2.05) is 0 Å². The van der Waals surface area contributed by atoms with Gasteiger partial charge in [-0.2, -0.15) is 0 Å². The summed E-state index contributed by atoms with van der Waals surface area (Å²) in [5.41, 5.74) is 0. The normalized spacial score (nSPS) is 12.5. The molecule has 0 amide bonds. The van der Waals surface area contributed by atoms with Crippen molar-refractivity contribution < 1.29 is 34.7 Å². The first-order chi connectivity index (χ1) is 9.72. The molecular formula is C13H28O7. The molecule has 122 valence electrons. The molecule has 20 heavy (non-hydrogen) atoms. The van der Waals surface area contributed by atoms with Gasteiger partial charge >= 0.3 is 6.16 Å². The van der Waals surface area contributed by atoms with E-state index in [0.29, 0.717) is 13.2 Å². The molecule has 1 aliphatic rings. The number of aliphatic hydroxyl groups is 4. The van der Waals surface area contributed by atoms with E-state index in [4.69, 9.17) is 20.4 Å². The van der Waals surface area contributed by atoms with Crippen LogP contribution in [0, 0.1) is 0 Å². The first kappa shape index (κ1) is 21.4. The molecular weight excluding hydrogens is 268 g/mol. The summed E-state index contributed by atoms with van der Waals surface area (Å²) in [6.45, 7) is 1.79. The second-order valence-electron chi connectivity index (χ2n) is 3.96. The van der Waals surface area contributed by atoms with E-state index in [0.717, 1.165) is 38.5 Å². The Kier molecular flexibility index (Phi) is 21.9. The quantitative estimate of drug-likeness (QED) is 0.379. The summed E-state index contributed by atoms with van der Waals surface area (Å²) in [7, 11) is 0. The van der Waals surface area contributed by atoms with Gasteiger partial charge in [-0.15, -0.1) is 0 Å². The lowest BCUT2D eigenvalue weighted by molar-refractivity contribution is 0.131. The Morgan fingerprint density at radius 1 is 0.650 bits per heavy atom. The fourth-order valence-electron chi connectivity index (χ4n) is 1.09. The van der Waals surface area contributed by atoms with Gasteiger partial charge in [0.05, 0.1) is 0 Å². The standard InChI is InChI=1S/C6H14O2.C4H10O2.C3H4O3/c7-5-3-1-2-4-6-8;5-3-1-2-4-6;4-3-5-1-2-6-3/h7-8H,1-6H2;5-6H,1-4H2;1-2H2. The van der Waals surface area contributed by atoms with E-state index in [-0.39, 0.29) is 26.4 Å². The number of carbonyl (C=O) groups is 1. The Morgan fingerprint density at radius 2 is 0.950 bits per heavy atom. The average Bonchev–Trinajstić information content (AvgIpc) is 2.94. The van der Waals surface area contributed by atoms with Crippen LogP contribution >= 0.6 is 0 Å². The molecule has 7 heteroatoms. The van der Waals surface area contributed by atoms with Crippen LogP contribution in [0.25, 0.3) is 0 Å². The summed E-state index contributed by atoms with van der Waals surface area (Å²) < 4.78 is 8.58. The lowest BCUT2D eigenvalue weighted by Gasteiger charge is -1.93. The van der Waals surface area contributed by atoms with E-state index < -0.39 is 6.16 Å². The minimum Gasteiger partial charge on any atom is -0.431 e. The summed E-state index contributed by atoms with van der Waals surface area (Å²) in [4.78, 5) is 9.80. The van der Waals surface area contributed by atoms with Crippen molar-refractivity contribution in [3.8, 4) is 0 Å². The van der Waals surface area contributed by atoms with Crippen LogP contribution in [0.1, 0.15) is 38.5 Å². The molecule has 1 rings (SSSR count). The smallest absolute Gasteiger partial charge is 0.431 e. The maximum absolute atomic E-state index is 9.80. The van der Waals surface area contributed by atoms with Gasteiger partial charge in [-0.1, -0.05) is 12.8 Å². The topological polar surface area (TPSA) is 116 Å². The molecule has 0 bridgehead atoms. The van der Waals surface area contributed by atoms with Crippen LogP contribution in [-0.4, -0.2) is 66.2 Å². The van der Waals surface area contributed by atoms with E-state index in [1.165, 1.54) is 0 Å². The highest BCUT2D eigenvalue weighted by molar-refractivity contribution is 5.61. The van der Waals surface area contributed by atoms with Crippen molar-refractivity contribution >= 4 is 6.16 Å². The molecule has 1 fully saturated rings. The molecule has 0 atom stereocenters. The zero-order valence-electron chi connectivity index (χ0n) is 12.0. The van der Waals surface area contributed by atoms with E-state index in [9.17, 15) is 4.79 Å². The highest BCUT2D eigenvalue weighted by Gasteiger charge is 2.09.